The minimum absolute atomic E-state index is 0.0206. The van der Waals surface area contributed by atoms with Crippen LogP contribution in [-0.4, -0.2) is 121 Å². The lowest BCUT2D eigenvalue weighted by Crippen LogP contribution is -2.42. The third-order valence-corrected chi connectivity index (χ3v) is 10.0. The second kappa shape index (κ2) is 16.6. The van der Waals surface area contributed by atoms with Crippen molar-refractivity contribution in [2.45, 2.75) is 9.79 Å². The van der Waals surface area contributed by atoms with Crippen molar-refractivity contribution in [1.82, 2.24) is 21.3 Å². The number of rotatable bonds is 12. The van der Waals surface area contributed by atoms with Crippen molar-refractivity contribution in [3.63, 3.8) is 0 Å². The summed E-state index contributed by atoms with van der Waals surface area (Å²) in [5.74, 6) is 2.24. The highest BCUT2D eigenvalue weighted by molar-refractivity contribution is 7.99. The molecule has 4 aliphatic rings. The maximum absolute atomic E-state index is 12.5. The Labute approximate surface area is 294 Å². The first-order valence-corrected chi connectivity index (χ1v) is 19.8. The molecule has 4 aliphatic heterocycles. The quantitative estimate of drug-likeness (QED) is 0.100. The van der Waals surface area contributed by atoms with Gasteiger partial charge in [-0.05, 0) is 36.4 Å². The largest absolute Gasteiger partial charge is 0.396 e. The minimum atomic E-state index is -5.14. The van der Waals surface area contributed by atoms with Crippen LogP contribution in [0.4, 0.5) is 22.7 Å². The monoisotopic (exact) mass is 768 g/mol. The highest BCUT2D eigenvalue weighted by Gasteiger charge is 2.27. The molecule has 0 fully saturated rings. The average molecular weight is 769 g/mol. The summed E-state index contributed by atoms with van der Waals surface area (Å²) in [6, 6.07) is 8.36. The van der Waals surface area contributed by atoms with Gasteiger partial charge in [0.2, 0.25) is 35.8 Å². The second-order valence-electron chi connectivity index (χ2n) is 10.0. The number of fused-ring (bicyclic) bond motifs is 2. The molecule has 0 atom stereocenters. The zero-order valence-corrected chi connectivity index (χ0v) is 29.1. The molecule has 24 heteroatoms. The molecule has 10 N–H and O–H groups in total. The summed E-state index contributed by atoms with van der Waals surface area (Å²) in [5, 5.41) is 36.0. The molecule has 50 heavy (non-hydrogen) atoms. The summed E-state index contributed by atoms with van der Waals surface area (Å²) in [4.78, 5) is 24.0. The molecule has 20 nitrogen and oxygen atoms in total. The number of hydrogen-bond donors (Lipinski definition) is 10. The van der Waals surface area contributed by atoms with Crippen LogP contribution in [0.1, 0.15) is 0 Å². The van der Waals surface area contributed by atoms with Crippen molar-refractivity contribution < 1.29 is 36.2 Å². The molecule has 0 radical (unpaired) electrons. The van der Waals surface area contributed by atoms with Crippen molar-refractivity contribution in [3.8, 4) is 0 Å². The van der Waals surface area contributed by atoms with E-state index < -0.39 is 41.4 Å². The van der Waals surface area contributed by atoms with Crippen molar-refractivity contribution in [3.05, 3.63) is 36.4 Å². The molecule has 0 aliphatic carbocycles. The molecular weight excluding hydrogens is 737 g/mol. The van der Waals surface area contributed by atoms with Gasteiger partial charge in [-0.15, -0.1) is 0 Å². The molecule has 6 rings (SSSR count). The van der Waals surface area contributed by atoms with Crippen LogP contribution in [0.2, 0.25) is 0 Å². The number of aliphatic hydroxyl groups excluding tert-OH is 2. The van der Waals surface area contributed by atoms with Crippen LogP contribution in [0.25, 0.3) is 0 Å². The summed E-state index contributed by atoms with van der Waals surface area (Å²) < 4.78 is 70.2. The third kappa shape index (κ3) is 10.4. The minimum Gasteiger partial charge on any atom is -0.396 e. The fraction of sp³-hybridized carbons (Fsp3) is 0.308. The fourth-order valence-corrected chi connectivity index (χ4v) is 6.74. The number of nitrogens with one attached hydrogen (secondary N) is 6. The lowest BCUT2D eigenvalue weighted by Gasteiger charge is -2.19. The van der Waals surface area contributed by atoms with Crippen molar-refractivity contribution in [1.29, 1.82) is 0 Å². The van der Waals surface area contributed by atoms with Gasteiger partial charge in [-0.1, -0.05) is 0 Å². The van der Waals surface area contributed by atoms with E-state index in [0.717, 1.165) is 6.07 Å². The van der Waals surface area contributed by atoms with E-state index in [0.29, 0.717) is 53.5 Å². The number of anilines is 2. The molecule has 0 unspecified atom stereocenters. The van der Waals surface area contributed by atoms with Crippen molar-refractivity contribution in [2.24, 2.45) is 30.0 Å². The molecular formula is C26H32N12O8S4. The predicted molar refractivity (Wildman–Crippen MR) is 195 cm³/mol. The standard InChI is InChI=1S/C26H32N12O8S4/c39-7-11-47-9-5-27-21-33-23-29-15-1-2-16(4-3-15)30-24-34-22(28-6-10-48-12-8-40)36-26(38-24)32-18-13-17(31-25(35-21)37-23)19(49(41,42)43)14-20(18)50(44,45)46/h1-4,13-14,39-40H,5-12H2,(H,41,42,43)(H,44,45,46)(H3,27,29,31,33,35,37)(H3,28,30,32,34,36,38). The Morgan fingerprint density at radius 2 is 1.00 bits per heavy atom. The molecule has 268 valence electrons. The highest BCUT2D eigenvalue weighted by Crippen LogP contribution is 2.36. The number of thioether (sulfide) groups is 2. The average Bonchev–Trinajstić information content (AvgIpc) is 3.04. The van der Waals surface area contributed by atoms with Gasteiger partial charge >= 0.3 is 0 Å². The molecule has 0 saturated heterocycles. The Hall–Kier alpha value is -4.30. The Morgan fingerprint density at radius 1 is 0.580 bits per heavy atom. The van der Waals surface area contributed by atoms with Gasteiger partial charge in [0.05, 0.1) is 24.6 Å². The number of aliphatic imine (C=N–C) groups is 6. The third-order valence-electron chi connectivity index (χ3n) is 6.31. The van der Waals surface area contributed by atoms with Gasteiger partial charge < -0.3 is 31.5 Å². The van der Waals surface area contributed by atoms with Crippen LogP contribution in [0, 0.1) is 0 Å². The first-order valence-electron chi connectivity index (χ1n) is 14.6. The lowest BCUT2D eigenvalue weighted by atomic mass is 10.3. The Balaban J connectivity index is 1.65. The number of guanidine groups is 6. The lowest BCUT2D eigenvalue weighted by molar-refractivity contribution is 0.322. The molecule has 2 aromatic carbocycles. The van der Waals surface area contributed by atoms with Crippen LogP contribution < -0.4 is 31.9 Å². The van der Waals surface area contributed by atoms with E-state index in [1.165, 1.54) is 23.5 Å². The smallest absolute Gasteiger partial charge is 0.296 e. The van der Waals surface area contributed by atoms with E-state index in [2.05, 4.69) is 61.9 Å². The zero-order valence-electron chi connectivity index (χ0n) is 25.9. The van der Waals surface area contributed by atoms with Crippen LogP contribution in [-0.2, 0) is 20.2 Å². The van der Waals surface area contributed by atoms with Crippen molar-refractivity contribution in [2.75, 3.05) is 59.9 Å². The van der Waals surface area contributed by atoms with Gasteiger partial charge in [0.1, 0.15) is 9.79 Å². The molecule has 4 heterocycles. The predicted octanol–water partition coefficient (Wildman–Crippen LogP) is -0.0468. The Kier molecular flexibility index (Phi) is 12.3. The van der Waals surface area contributed by atoms with Gasteiger partial charge in [-0.3, -0.25) is 19.7 Å². The van der Waals surface area contributed by atoms with Crippen molar-refractivity contribution >= 4 is 102 Å². The van der Waals surface area contributed by atoms with Crippen LogP contribution in [0.15, 0.2) is 76.1 Å². The van der Waals surface area contributed by atoms with Gasteiger partial charge in [0.25, 0.3) is 20.2 Å². The zero-order chi connectivity index (χ0) is 35.7. The fourth-order valence-electron chi connectivity index (χ4n) is 4.24. The first kappa shape index (κ1) is 37.0. The highest BCUT2D eigenvalue weighted by atomic mass is 32.2. The molecule has 8 bridgehead atoms. The number of hydrogen-bond acceptors (Lipinski definition) is 20. The van der Waals surface area contributed by atoms with Gasteiger partial charge in [-0.2, -0.15) is 60.3 Å². The van der Waals surface area contributed by atoms with Crippen LogP contribution in [0.5, 0.6) is 0 Å². The molecule has 0 amide bonds. The maximum Gasteiger partial charge on any atom is 0.296 e. The number of nitrogens with zero attached hydrogens (tertiary/aromatic N) is 6. The Morgan fingerprint density at radius 3 is 1.38 bits per heavy atom. The molecule has 2 aromatic rings. The second-order valence-corrected chi connectivity index (χ2v) is 15.2. The van der Waals surface area contributed by atoms with E-state index >= 15 is 0 Å². The van der Waals surface area contributed by atoms with E-state index in [-0.39, 0.29) is 49.0 Å². The van der Waals surface area contributed by atoms with Gasteiger partial charge in [0.15, 0.2) is 0 Å². The molecule has 0 saturated carbocycles. The van der Waals surface area contributed by atoms with Crippen LogP contribution >= 0.6 is 23.5 Å². The maximum atomic E-state index is 12.5. The molecule has 0 spiro atoms. The topological polar surface area (TPSA) is 296 Å². The van der Waals surface area contributed by atoms with E-state index in [4.69, 9.17) is 10.2 Å². The Bertz CT molecular complexity index is 1860. The van der Waals surface area contributed by atoms with E-state index in [1.54, 1.807) is 24.3 Å². The summed E-state index contributed by atoms with van der Waals surface area (Å²) in [6.45, 7) is 0.828. The van der Waals surface area contributed by atoms with E-state index in [1.807, 2.05) is 0 Å². The van der Waals surface area contributed by atoms with E-state index in [9.17, 15) is 25.9 Å². The van der Waals surface area contributed by atoms with Crippen LogP contribution in [0.3, 0.4) is 0 Å². The summed E-state index contributed by atoms with van der Waals surface area (Å²) >= 11 is 2.98. The number of aliphatic hydroxyl groups is 2. The summed E-state index contributed by atoms with van der Waals surface area (Å²) in [5.41, 5.74) is 0.162. The van der Waals surface area contributed by atoms with Gasteiger partial charge in [0, 0.05) is 47.5 Å². The number of benzene rings is 2. The normalized spacial score (nSPS) is 15.7. The SMILES string of the molecule is O=S(=O)(O)c1cc(S(=O)(=O)O)c2cc1N=C1N=C(NCCSCCO)N=C(N1)Nc1ccc(cc1)NC1=NC(NCCSCCO)=NC(=N2)N1. The van der Waals surface area contributed by atoms with Gasteiger partial charge in [-0.25, -0.2) is 9.98 Å². The summed E-state index contributed by atoms with van der Waals surface area (Å²) in [6.07, 6.45) is 0. The molecule has 0 aromatic heterocycles. The first-order chi connectivity index (χ1) is 23.9. The summed E-state index contributed by atoms with van der Waals surface area (Å²) in [7, 11) is -10.3.